The fraction of sp³-hybridized carbons (Fsp3) is 0.700. The van der Waals surface area contributed by atoms with Gasteiger partial charge in [-0.2, -0.15) is 0 Å². The highest BCUT2D eigenvalue weighted by Gasteiger charge is 2.36. The summed E-state index contributed by atoms with van der Waals surface area (Å²) in [6, 6.07) is 0. The van der Waals surface area contributed by atoms with Crippen LogP contribution in [0.2, 0.25) is 0 Å². The lowest BCUT2D eigenvalue weighted by molar-refractivity contribution is -0.138. The van der Waals surface area contributed by atoms with E-state index in [0.29, 0.717) is 6.54 Å². The third kappa shape index (κ3) is 4.03. The van der Waals surface area contributed by atoms with Crippen molar-refractivity contribution >= 4 is 17.8 Å². The van der Waals surface area contributed by atoms with Crippen molar-refractivity contribution < 1.29 is 19.5 Å². The van der Waals surface area contributed by atoms with Crippen molar-refractivity contribution in [1.82, 2.24) is 16.0 Å². The molecule has 0 aromatic rings. The molecule has 0 radical (unpaired) electrons. The van der Waals surface area contributed by atoms with E-state index in [1.165, 1.54) is 0 Å². The van der Waals surface area contributed by atoms with Gasteiger partial charge >= 0.3 is 5.97 Å². The van der Waals surface area contributed by atoms with Crippen molar-refractivity contribution in [2.24, 2.45) is 5.41 Å². The van der Waals surface area contributed by atoms with E-state index in [0.717, 1.165) is 13.0 Å². The molecule has 0 bridgehead atoms. The number of carbonyl (C=O) groups is 3. The van der Waals surface area contributed by atoms with Gasteiger partial charge in [-0.15, -0.1) is 0 Å². The molecule has 1 rings (SSSR count). The molecule has 4 N–H and O–H groups in total. The Labute approximate surface area is 98.9 Å². The van der Waals surface area contributed by atoms with Gasteiger partial charge in [0.25, 0.3) is 0 Å². The molecule has 1 atom stereocenters. The Balaban J connectivity index is 2.28. The molecule has 7 nitrogen and oxygen atoms in total. The second-order valence-electron chi connectivity index (χ2n) is 4.34. The van der Waals surface area contributed by atoms with E-state index in [-0.39, 0.29) is 12.5 Å². The summed E-state index contributed by atoms with van der Waals surface area (Å²) < 4.78 is 0. The van der Waals surface area contributed by atoms with E-state index in [1.807, 2.05) is 6.92 Å². The van der Waals surface area contributed by atoms with E-state index in [1.54, 1.807) is 0 Å². The Bertz CT molecular complexity index is 324. The lowest BCUT2D eigenvalue weighted by atomic mass is 9.89. The maximum atomic E-state index is 11.8. The quantitative estimate of drug-likeness (QED) is 0.460. The van der Waals surface area contributed by atoms with Crippen LogP contribution in [0.25, 0.3) is 0 Å². The summed E-state index contributed by atoms with van der Waals surface area (Å²) in [6.07, 6.45) is 0.732. The first-order valence-electron chi connectivity index (χ1n) is 5.41. The average Bonchev–Trinajstić information content (AvgIpc) is 2.71. The van der Waals surface area contributed by atoms with Gasteiger partial charge in [-0.05, 0) is 19.9 Å². The summed E-state index contributed by atoms with van der Waals surface area (Å²) in [5.74, 6) is -1.81. The van der Waals surface area contributed by atoms with Crippen molar-refractivity contribution in [2.75, 3.05) is 26.2 Å². The summed E-state index contributed by atoms with van der Waals surface area (Å²) in [5, 5.41) is 16.1. The second-order valence-corrected chi connectivity index (χ2v) is 4.34. The van der Waals surface area contributed by atoms with Crippen LogP contribution in [0.5, 0.6) is 0 Å². The minimum atomic E-state index is -1.11. The molecule has 1 aliphatic rings. The Morgan fingerprint density at radius 2 is 2.00 bits per heavy atom. The molecule has 0 aromatic heterocycles. The van der Waals surface area contributed by atoms with Crippen molar-refractivity contribution in [1.29, 1.82) is 0 Å². The highest BCUT2D eigenvalue weighted by molar-refractivity contribution is 5.89. The molecule has 1 unspecified atom stereocenters. The average molecular weight is 243 g/mol. The predicted octanol–water partition coefficient (Wildman–Crippen LogP) is -1.70. The van der Waals surface area contributed by atoms with Gasteiger partial charge in [-0.25, -0.2) is 0 Å². The number of hydrogen-bond acceptors (Lipinski definition) is 4. The molecule has 17 heavy (non-hydrogen) atoms. The van der Waals surface area contributed by atoms with Gasteiger partial charge in [0.15, 0.2) is 0 Å². The monoisotopic (exact) mass is 243 g/mol. The smallest absolute Gasteiger partial charge is 0.322 e. The van der Waals surface area contributed by atoms with Crippen LogP contribution < -0.4 is 16.0 Å². The van der Waals surface area contributed by atoms with E-state index in [4.69, 9.17) is 5.11 Å². The molecular weight excluding hydrogens is 226 g/mol. The number of nitrogens with one attached hydrogen (secondary N) is 3. The number of carbonyl (C=O) groups excluding carboxylic acids is 2. The van der Waals surface area contributed by atoms with Gasteiger partial charge in [0.05, 0.1) is 12.0 Å². The van der Waals surface area contributed by atoms with Crippen molar-refractivity contribution in [2.45, 2.75) is 13.3 Å². The molecule has 0 spiro atoms. The summed E-state index contributed by atoms with van der Waals surface area (Å²) in [6.45, 7) is 2.58. The van der Waals surface area contributed by atoms with E-state index in [9.17, 15) is 14.4 Å². The minimum absolute atomic E-state index is 0.187. The number of hydrogen-bond donors (Lipinski definition) is 4. The van der Waals surface area contributed by atoms with Gasteiger partial charge < -0.3 is 21.1 Å². The predicted molar refractivity (Wildman–Crippen MR) is 59.2 cm³/mol. The SMILES string of the molecule is CC1(C(=O)NCC(=O)NCC(=O)O)CCNC1. The van der Waals surface area contributed by atoms with E-state index >= 15 is 0 Å². The lowest BCUT2D eigenvalue weighted by Crippen LogP contribution is -2.45. The van der Waals surface area contributed by atoms with Crippen molar-refractivity contribution in [3.8, 4) is 0 Å². The molecule has 2 amide bonds. The van der Waals surface area contributed by atoms with Crippen LogP contribution in [0.4, 0.5) is 0 Å². The van der Waals surface area contributed by atoms with Crippen LogP contribution >= 0.6 is 0 Å². The third-order valence-electron chi connectivity index (χ3n) is 2.76. The van der Waals surface area contributed by atoms with E-state index < -0.39 is 23.8 Å². The molecule has 7 heteroatoms. The maximum absolute atomic E-state index is 11.8. The summed E-state index contributed by atoms with van der Waals surface area (Å²) in [5.41, 5.74) is -0.479. The number of carboxylic acids is 1. The Hall–Kier alpha value is -1.63. The van der Waals surface area contributed by atoms with Crippen LogP contribution in [-0.2, 0) is 14.4 Å². The number of carboxylic acid groups (broad SMARTS) is 1. The first-order valence-corrected chi connectivity index (χ1v) is 5.41. The standard InChI is InChI=1S/C10H17N3O4/c1-10(2-3-11-6-10)9(17)13-4-7(14)12-5-8(15)16/h11H,2-6H2,1H3,(H,12,14)(H,13,17)(H,15,16). The molecule has 1 fully saturated rings. The molecule has 1 heterocycles. The lowest BCUT2D eigenvalue weighted by Gasteiger charge is -2.21. The summed E-state index contributed by atoms with van der Waals surface area (Å²) >= 11 is 0. The number of aliphatic carboxylic acids is 1. The maximum Gasteiger partial charge on any atom is 0.322 e. The highest BCUT2D eigenvalue weighted by Crippen LogP contribution is 2.24. The topological polar surface area (TPSA) is 108 Å². The molecule has 0 aromatic carbocycles. The van der Waals surface area contributed by atoms with Crippen LogP contribution in [0.1, 0.15) is 13.3 Å². The Morgan fingerprint density at radius 3 is 2.53 bits per heavy atom. The van der Waals surface area contributed by atoms with Crippen LogP contribution in [0.15, 0.2) is 0 Å². The Morgan fingerprint density at radius 1 is 1.29 bits per heavy atom. The molecule has 1 aliphatic heterocycles. The molecule has 0 saturated carbocycles. The van der Waals surface area contributed by atoms with Gasteiger partial charge in [0.1, 0.15) is 6.54 Å². The van der Waals surface area contributed by atoms with Gasteiger partial charge in [0, 0.05) is 6.54 Å². The fourth-order valence-corrected chi connectivity index (χ4v) is 1.62. The minimum Gasteiger partial charge on any atom is -0.480 e. The third-order valence-corrected chi connectivity index (χ3v) is 2.76. The van der Waals surface area contributed by atoms with E-state index in [2.05, 4.69) is 16.0 Å². The molecule has 1 saturated heterocycles. The van der Waals surface area contributed by atoms with Crippen molar-refractivity contribution in [3.05, 3.63) is 0 Å². The highest BCUT2D eigenvalue weighted by atomic mass is 16.4. The normalized spacial score (nSPS) is 23.1. The van der Waals surface area contributed by atoms with Gasteiger partial charge in [0.2, 0.25) is 11.8 Å². The largest absolute Gasteiger partial charge is 0.480 e. The van der Waals surface area contributed by atoms with Crippen LogP contribution in [-0.4, -0.2) is 49.1 Å². The molecule has 96 valence electrons. The molecular formula is C10H17N3O4. The van der Waals surface area contributed by atoms with Crippen molar-refractivity contribution in [3.63, 3.8) is 0 Å². The van der Waals surface area contributed by atoms with Crippen LogP contribution in [0, 0.1) is 5.41 Å². The second kappa shape index (κ2) is 5.62. The first-order chi connectivity index (χ1) is 7.94. The zero-order chi connectivity index (χ0) is 12.9. The van der Waals surface area contributed by atoms with Gasteiger partial charge in [-0.1, -0.05) is 0 Å². The number of amides is 2. The first kappa shape index (κ1) is 13.4. The number of rotatable bonds is 5. The Kier molecular flexibility index (Phi) is 4.45. The zero-order valence-corrected chi connectivity index (χ0v) is 9.71. The van der Waals surface area contributed by atoms with Crippen LogP contribution in [0.3, 0.4) is 0 Å². The summed E-state index contributed by atoms with van der Waals surface area (Å²) in [4.78, 5) is 33.1. The fourth-order valence-electron chi connectivity index (χ4n) is 1.62. The zero-order valence-electron chi connectivity index (χ0n) is 9.71. The van der Waals surface area contributed by atoms with Gasteiger partial charge in [-0.3, -0.25) is 14.4 Å². The molecule has 0 aliphatic carbocycles. The summed E-state index contributed by atoms with van der Waals surface area (Å²) in [7, 11) is 0.